The summed E-state index contributed by atoms with van der Waals surface area (Å²) in [6.45, 7) is 7.83. The summed E-state index contributed by atoms with van der Waals surface area (Å²) in [5.74, 6) is 0. The molecule has 0 aliphatic heterocycles. The molecular formula is C14H30O3. The van der Waals surface area contributed by atoms with E-state index in [1.807, 2.05) is 13.8 Å². The smallest absolute Gasteiger partial charge is 0.0550 e. The van der Waals surface area contributed by atoms with E-state index in [4.69, 9.17) is 14.9 Å². The number of aliphatic hydroxyl groups is 2. The van der Waals surface area contributed by atoms with Crippen molar-refractivity contribution in [3.63, 3.8) is 0 Å². The minimum Gasteiger partial charge on any atom is -0.393 e. The van der Waals surface area contributed by atoms with E-state index < -0.39 is 0 Å². The van der Waals surface area contributed by atoms with Gasteiger partial charge in [0.2, 0.25) is 0 Å². The van der Waals surface area contributed by atoms with E-state index in [0.717, 1.165) is 38.5 Å². The molecule has 0 aromatic carbocycles. The van der Waals surface area contributed by atoms with E-state index in [9.17, 15) is 0 Å². The summed E-state index contributed by atoms with van der Waals surface area (Å²) in [6, 6.07) is 0. The van der Waals surface area contributed by atoms with Gasteiger partial charge in [-0.05, 0) is 66.2 Å². The molecular weight excluding hydrogens is 216 g/mol. The van der Waals surface area contributed by atoms with Crippen LogP contribution >= 0.6 is 0 Å². The molecule has 0 spiro atoms. The van der Waals surface area contributed by atoms with Crippen LogP contribution in [0.15, 0.2) is 0 Å². The van der Waals surface area contributed by atoms with Crippen molar-refractivity contribution in [3.05, 3.63) is 0 Å². The van der Waals surface area contributed by atoms with Crippen molar-refractivity contribution in [1.29, 1.82) is 0 Å². The summed E-state index contributed by atoms with van der Waals surface area (Å²) >= 11 is 0. The first-order valence-electron chi connectivity index (χ1n) is 6.93. The SMILES string of the molecule is CC(O)CCCC(C)OC(C)CCCC(C)O. The number of rotatable bonds is 10. The van der Waals surface area contributed by atoms with E-state index in [2.05, 4.69) is 13.8 Å². The summed E-state index contributed by atoms with van der Waals surface area (Å²) in [6.07, 6.45) is 5.85. The topological polar surface area (TPSA) is 49.7 Å². The van der Waals surface area contributed by atoms with Gasteiger partial charge in [-0.1, -0.05) is 0 Å². The normalized spacial score (nSPS) is 18.7. The van der Waals surface area contributed by atoms with Gasteiger partial charge in [0.1, 0.15) is 0 Å². The van der Waals surface area contributed by atoms with Crippen molar-refractivity contribution in [3.8, 4) is 0 Å². The van der Waals surface area contributed by atoms with Crippen LogP contribution in [0.2, 0.25) is 0 Å². The number of ether oxygens (including phenoxy) is 1. The fraction of sp³-hybridized carbons (Fsp3) is 1.00. The molecule has 0 aliphatic rings. The van der Waals surface area contributed by atoms with Crippen LogP contribution in [0.5, 0.6) is 0 Å². The van der Waals surface area contributed by atoms with Crippen LogP contribution in [0.25, 0.3) is 0 Å². The van der Waals surface area contributed by atoms with Crippen LogP contribution in [0, 0.1) is 0 Å². The zero-order chi connectivity index (χ0) is 13.3. The predicted octanol–water partition coefficient (Wildman–Crippen LogP) is 2.88. The molecule has 0 fully saturated rings. The maximum absolute atomic E-state index is 9.15. The molecule has 0 amide bonds. The summed E-state index contributed by atoms with van der Waals surface area (Å²) < 4.78 is 5.85. The first-order chi connectivity index (χ1) is 7.91. The van der Waals surface area contributed by atoms with E-state index in [1.54, 1.807) is 0 Å². The second-order valence-corrected chi connectivity index (χ2v) is 5.32. The van der Waals surface area contributed by atoms with Gasteiger partial charge in [0.05, 0.1) is 24.4 Å². The molecule has 0 aromatic rings. The third kappa shape index (κ3) is 12.1. The van der Waals surface area contributed by atoms with Crippen molar-refractivity contribution >= 4 is 0 Å². The Hall–Kier alpha value is -0.120. The van der Waals surface area contributed by atoms with E-state index in [-0.39, 0.29) is 24.4 Å². The fourth-order valence-corrected chi connectivity index (χ4v) is 1.93. The van der Waals surface area contributed by atoms with Crippen molar-refractivity contribution in [2.45, 2.75) is 90.6 Å². The lowest BCUT2D eigenvalue weighted by Gasteiger charge is -2.19. The van der Waals surface area contributed by atoms with Crippen LogP contribution in [0.4, 0.5) is 0 Å². The summed E-state index contributed by atoms with van der Waals surface area (Å²) in [4.78, 5) is 0. The highest BCUT2D eigenvalue weighted by Crippen LogP contribution is 2.12. The molecule has 2 N–H and O–H groups in total. The van der Waals surface area contributed by atoms with Crippen molar-refractivity contribution in [2.24, 2.45) is 0 Å². The maximum Gasteiger partial charge on any atom is 0.0550 e. The highest BCUT2D eigenvalue weighted by molar-refractivity contribution is 4.59. The molecule has 17 heavy (non-hydrogen) atoms. The van der Waals surface area contributed by atoms with Crippen molar-refractivity contribution in [1.82, 2.24) is 0 Å². The summed E-state index contributed by atoms with van der Waals surface area (Å²) in [5.41, 5.74) is 0. The fourth-order valence-electron chi connectivity index (χ4n) is 1.93. The Morgan fingerprint density at radius 2 is 1.06 bits per heavy atom. The number of hydrogen-bond acceptors (Lipinski definition) is 3. The standard InChI is InChI=1S/C14H30O3/c1-11(15)7-5-9-13(3)17-14(4)10-6-8-12(2)16/h11-16H,5-10H2,1-4H3. The zero-order valence-corrected chi connectivity index (χ0v) is 11.9. The van der Waals surface area contributed by atoms with Gasteiger partial charge in [-0.25, -0.2) is 0 Å². The lowest BCUT2D eigenvalue weighted by Crippen LogP contribution is -2.18. The van der Waals surface area contributed by atoms with Gasteiger partial charge in [-0.2, -0.15) is 0 Å². The predicted molar refractivity (Wildman–Crippen MR) is 71.1 cm³/mol. The van der Waals surface area contributed by atoms with Gasteiger partial charge in [0.15, 0.2) is 0 Å². The molecule has 0 heterocycles. The van der Waals surface area contributed by atoms with Crippen LogP contribution in [-0.2, 0) is 4.74 Å². The second kappa shape index (κ2) is 9.86. The average molecular weight is 246 g/mol. The molecule has 4 unspecified atom stereocenters. The molecule has 0 bridgehead atoms. The molecule has 0 saturated carbocycles. The largest absolute Gasteiger partial charge is 0.393 e. The van der Waals surface area contributed by atoms with E-state index in [1.165, 1.54) is 0 Å². The molecule has 3 heteroatoms. The molecule has 0 saturated heterocycles. The van der Waals surface area contributed by atoms with Gasteiger partial charge in [0, 0.05) is 0 Å². The molecule has 0 aromatic heterocycles. The lowest BCUT2D eigenvalue weighted by atomic mass is 10.1. The number of hydrogen-bond donors (Lipinski definition) is 2. The molecule has 4 atom stereocenters. The Morgan fingerprint density at radius 1 is 0.706 bits per heavy atom. The first-order valence-corrected chi connectivity index (χ1v) is 6.93. The van der Waals surface area contributed by atoms with Gasteiger partial charge in [-0.3, -0.25) is 0 Å². The van der Waals surface area contributed by atoms with Crippen molar-refractivity contribution < 1.29 is 14.9 Å². The molecule has 0 rings (SSSR count). The minimum atomic E-state index is -0.203. The minimum absolute atomic E-state index is 0.203. The molecule has 3 nitrogen and oxygen atoms in total. The first kappa shape index (κ1) is 16.9. The Bertz CT molecular complexity index is 151. The molecule has 0 radical (unpaired) electrons. The van der Waals surface area contributed by atoms with Gasteiger partial charge < -0.3 is 14.9 Å². The lowest BCUT2D eigenvalue weighted by molar-refractivity contribution is -0.00463. The van der Waals surface area contributed by atoms with E-state index in [0.29, 0.717) is 0 Å². The quantitative estimate of drug-likeness (QED) is 0.623. The maximum atomic E-state index is 9.15. The van der Waals surface area contributed by atoms with Crippen molar-refractivity contribution in [2.75, 3.05) is 0 Å². The van der Waals surface area contributed by atoms with Gasteiger partial charge >= 0.3 is 0 Å². The van der Waals surface area contributed by atoms with E-state index >= 15 is 0 Å². The van der Waals surface area contributed by atoms with Crippen LogP contribution < -0.4 is 0 Å². The van der Waals surface area contributed by atoms with Gasteiger partial charge in [0.25, 0.3) is 0 Å². The Balaban J connectivity index is 3.48. The second-order valence-electron chi connectivity index (χ2n) is 5.32. The summed E-state index contributed by atoms with van der Waals surface area (Å²) in [7, 11) is 0. The zero-order valence-electron chi connectivity index (χ0n) is 11.9. The summed E-state index contributed by atoms with van der Waals surface area (Å²) in [5, 5.41) is 18.3. The third-order valence-corrected chi connectivity index (χ3v) is 2.93. The third-order valence-electron chi connectivity index (χ3n) is 2.93. The number of aliphatic hydroxyl groups excluding tert-OH is 2. The Labute approximate surface area is 106 Å². The Kier molecular flexibility index (Phi) is 9.79. The van der Waals surface area contributed by atoms with Gasteiger partial charge in [-0.15, -0.1) is 0 Å². The monoisotopic (exact) mass is 246 g/mol. The molecule has 0 aliphatic carbocycles. The highest BCUT2D eigenvalue weighted by Gasteiger charge is 2.09. The van der Waals surface area contributed by atoms with Crippen LogP contribution in [-0.4, -0.2) is 34.6 Å². The Morgan fingerprint density at radius 3 is 1.35 bits per heavy atom. The van der Waals surface area contributed by atoms with Crippen LogP contribution in [0.3, 0.4) is 0 Å². The molecule has 104 valence electrons. The van der Waals surface area contributed by atoms with Crippen LogP contribution in [0.1, 0.15) is 66.2 Å². The average Bonchev–Trinajstić information content (AvgIpc) is 2.15. The highest BCUT2D eigenvalue weighted by atomic mass is 16.5.